The van der Waals surface area contributed by atoms with E-state index >= 15 is 0 Å². The van der Waals surface area contributed by atoms with Crippen LogP contribution >= 0.6 is 0 Å². The number of aromatic nitrogens is 5. The molecular weight excluding hydrogens is 488 g/mol. The Morgan fingerprint density at radius 2 is 1.97 bits per heavy atom. The van der Waals surface area contributed by atoms with Crippen LogP contribution in [0.5, 0.6) is 0 Å². The first-order valence-corrected chi connectivity index (χ1v) is 12.8. The number of amides is 1. The lowest BCUT2D eigenvalue weighted by Gasteiger charge is -2.08. The summed E-state index contributed by atoms with van der Waals surface area (Å²) in [6, 6.07) is 15.6. The second kappa shape index (κ2) is 10.0. The number of nitrogens with zero attached hydrogens (tertiary/aromatic N) is 5. The van der Waals surface area contributed by atoms with Gasteiger partial charge in [0.05, 0.1) is 29.0 Å². The molecule has 0 saturated heterocycles. The minimum Gasteiger partial charge on any atom is -0.350 e. The van der Waals surface area contributed by atoms with Crippen molar-refractivity contribution in [2.24, 2.45) is 12.0 Å². The lowest BCUT2D eigenvalue weighted by atomic mass is 10.1. The molecule has 3 aromatic heterocycles. The van der Waals surface area contributed by atoms with Crippen LogP contribution in [0.4, 0.5) is 11.6 Å². The molecule has 0 fully saturated rings. The van der Waals surface area contributed by atoms with Gasteiger partial charge in [-0.1, -0.05) is 23.8 Å². The number of carbonyl (C=O) groups is 1. The van der Waals surface area contributed by atoms with Crippen molar-refractivity contribution in [2.75, 3.05) is 5.32 Å². The molecule has 2 aromatic carbocycles. The van der Waals surface area contributed by atoms with E-state index in [4.69, 9.17) is 0 Å². The molecule has 9 nitrogen and oxygen atoms in total. The van der Waals surface area contributed by atoms with Crippen LogP contribution in [0.3, 0.4) is 0 Å². The SMILES string of the molecule is CC1=CC=NC(c2ccnc(Nc3cc(C)c4[nH]c(C(=O)NCc5nc6ccccc6n5C)cc4c3)n2)=CC1. The molecule has 9 heteroatoms. The highest BCUT2D eigenvalue weighted by Crippen LogP contribution is 2.26. The van der Waals surface area contributed by atoms with Crippen molar-refractivity contribution in [1.82, 2.24) is 29.8 Å². The summed E-state index contributed by atoms with van der Waals surface area (Å²) in [5.41, 5.74) is 7.99. The number of rotatable bonds is 6. The zero-order chi connectivity index (χ0) is 26.9. The number of hydrogen-bond acceptors (Lipinski definition) is 6. The maximum Gasteiger partial charge on any atom is 0.268 e. The Bertz CT molecular complexity index is 1820. The van der Waals surface area contributed by atoms with Gasteiger partial charge in [-0.2, -0.15) is 0 Å². The summed E-state index contributed by atoms with van der Waals surface area (Å²) in [5.74, 6) is 1.08. The number of carbonyl (C=O) groups excluding carboxylic acids is 1. The molecule has 0 bridgehead atoms. The predicted octanol–water partition coefficient (Wildman–Crippen LogP) is 5.59. The smallest absolute Gasteiger partial charge is 0.268 e. The van der Waals surface area contributed by atoms with Crippen molar-refractivity contribution in [3.63, 3.8) is 0 Å². The number of imidazole rings is 1. The van der Waals surface area contributed by atoms with E-state index in [1.165, 1.54) is 5.57 Å². The fourth-order valence-corrected chi connectivity index (χ4v) is 4.71. The van der Waals surface area contributed by atoms with Crippen LogP contribution in [0.2, 0.25) is 0 Å². The van der Waals surface area contributed by atoms with Gasteiger partial charge in [0.15, 0.2) is 0 Å². The zero-order valence-electron chi connectivity index (χ0n) is 22.0. The maximum atomic E-state index is 13.0. The van der Waals surface area contributed by atoms with Gasteiger partial charge < -0.3 is 20.2 Å². The van der Waals surface area contributed by atoms with Gasteiger partial charge in [-0.25, -0.2) is 15.0 Å². The number of para-hydroxylation sites is 2. The molecule has 6 rings (SSSR count). The molecule has 0 atom stereocenters. The van der Waals surface area contributed by atoms with Gasteiger partial charge in [-0.05, 0) is 68.3 Å². The van der Waals surface area contributed by atoms with E-state index in [0.29, 0.717) is 18.2 Å². The highest BCUT2D eigenvalue weighted by molar-refractivity contribution is 5.99. The van der Waals surface area contributed by atoms with Gasteiger partial charge in [-0.3, -0.25) is 9.79 Å². The molecule has 0 radical (unpaired) electrons. The second-order valence-corrected chi connectivity index (χ2v) is 9.67. The van der Waals surface area contributed by atoms with Crippen LogP contribution in [0.1, 0.15) is 40.9 Å². The van der Waals surface area contributed by atoms with Gasteiger partial charge in [0, 0.05) is 36.0 Å². The average molecular weight is 517 g/mol. The van der Waals surface area contributed by atoms with Crippen LogP contribution in [0.15, 0.2) is 77.4 Å². The number of allylic oxidation sites excluding steroid dienone is 3. The molecule has 1 aliphatic heterocycles. The van der Waals surface area contributed by atoms with Gasteiger partial charge in [0.25, 0.3) is 5.91 Å². The molecule has 194 valence electrons. The van der Waals surface area contributed by atoms with E-state index in [1.54, 1.807) is 12.4 Å². The largest absolute Gasteiger partial charge is 0.350 e. The Balaban J connectivity index is 1.19. The number of H-pyrrole nitrogens is 1. The number of nitrogens with one attached hydrogen (secondary N) is 3. The lowest BCUT2D eigenvalue weighted by Crippen LogP contribution is -2.24. The zero-order valence-corrected chi connectivity index (χ0v) is 22.0. The van der Waals surface area contributed by atoms with Crippen molar-refractivity contribution < 1.29 is 4.79 Å². The molecule has 5 aromatic rings. The van der Waals surface area contributed by atoms with E-state index < -0.39 is 0 Å². The Morgan fingerprint density at radius 3 is 2.85 bits per heavy atom. The summed E-state index contributed by atoms with van der Waals surface area (Å²) in [7, 11) is 1.95. The Hall–Kier alpha value is -5.05. The van der Waals surface area contributed by atoms with Crippen molar-refractivity contribution in [3.8, 4) is 0 Å². The van der Waals surface area contributed by atoms with Crippen LogP contribution < -0.4 is 10.6 Å². The third kappa shape index (κ3) is 4.94. The number of hydrogen-bond donors (Lipinski definition) is 3. The van der Waals surface area contributed by atoms with Crippen LogP contribution in [0, 0.1) is 6.92 Å². The fraction of sp³-hybridized carbons (Fsp3) is 0.167. The normalized spacial score (nSPS) is 13.3. The molecule has 0 aliphatic carbocycles. The Labute approximate surface area is 225 Å². The molecule has 39 heavy (non-hydrogen) atoms. The molecule has 0 spiro atoms. The maximum absolute atomic E-state index is 13.0. The number of benzene rings is 2. The molecule has 0 unspecified atom stereocenters. The standard InChI is InChI=1S/C30H28N8O/c1-18-8-9-22(31-12-10-18)23-11-13-32-30(37-23)34-21-14-19(2)28-20(15-21)16-25(36-28)29(39)33-17-27-35-24-6-4-5-7-26(24)38(27)3/h4-7,9-16,36H,8,17H2,1-3H3,(H,33,39)(H,32,34,37). The molecule has 3 N–H and O–H groups in total. The monoisotopic (exact) mass is 516 g/mol. The minimum absolute atomic E-state index is 0.190. The first kappa shape index (κ1) is 24.3. The number of aryl methyl sites for hydroxylation is 2. The van der Waals surface area contributed by atoms with E-state index in [1.807, 2.05) is 73.1 Å². The van der Waals surface area contributed by atoms with Crippen LogP contribution in [-0.2, 0) is 13.6 Å². The summed E-state index contributed by atoms with van der Waals surface area (Å²) in [6.07, 6.45) is 8.44. The van der Waals surface area contributed by atoms with Crippen molar-refractivity contribution >= 4 is 51.4 Å². The summed E-state index contributed by atoms with van der Waals surface area (Å²) < 4.78 is 2.00. The summed E-state index contributed by atoms with van der Waals surface area (Å²) in [6.45, 7) is 4.41. The molecule has 4 heterocycles. The van der Waals surface area contributed by atoms with Gasteiger partial charge in [0.2, 0.25) is 5.95 Å². The molecule has 1 aliphatic rings. The van der Waals surface area contributed by atoms with E-state index in [9.17, 15) is 4.79 Å². The number of aliphatic imine (C=N–C) groups is 1. The average Bonchev–Trinajstić information content (AvgIpc) is 3.43. The second-order valence-electron chi connectivity index (χ2n) is 9.67. The quantitative estimate of drug-likeness (QED) is 0.272. The van der Waals surface area contributed by atoms with Crippen LogP contribution in [0.25, 0.3) is 27.6 Å². The van der Waals surface area contributed by atoms with Gasteiger partial charge in [-0.15, -0.1) is 0 Å². The van der Waals surface area contributed by atoms with Crippen molar-refractivity contribution in [1.29, 1.82) is 0 Å². The van der Waals surface area contributed by atoms with E-state index in [-0.39, 0.29) is 5.91 Å². The third-order valence-electron chi connectivity index (χ3n) is 6.82. The predicted molar refractivity (Wildman–Crippen MR) is 155 cm³/mol. The van der Waals surface area contributed by atoms with Crippen LogP contribution in [-0.4, -0.2) is 36.6 Å². The third-order valence-corrected chi connectivity index (χ3v) is 6.82. The van der Waals surface area contributed by atoms with E-state index in [2.05, 4.69) is 48.6 Å². The molecule has 0 saturated carbocycles. The minimum atomic E-state index is -0.190. The highest BCUT2D eigenvalue weighted by atomic mass is 16.1. The Kier molecular flexibility index (Phi) is 6.24. The fourth-order valence-electron chi connectivity index (χ4n) is 4.71. The number of anilines is 2. The van der Waals surface area contributed by atoms with Gasteiger partial charge >= 0.3 is 0 Å². The van der Waals surface area contributed by atoms with Gasteiger partial charge in [0.1, 0.15) is 11.5 Å². The first-order chi connectivity index (χ1) is 18.9. The molecule has 1 amide bonds. The topological polar surface area (TPSA) is 113 Å². The number of fused-ring (bicyclic) bond motifs is 2. The lowest BCUT2D eigenvalue weighted by molar-refractivity contribution is 0.0945. The first-order valence-electron chi connectivity index (χ1n) is 12.8. The molecular formula is C30H28N8O. The summed E-state index contributed by atoms with van der Waals surface area (Å²) in [4.78, 5) is 34.5. The highest BCUT2D eigenvalue weighted by Gasteiger charge is 2.14. The Morgan fingerprint density at radius 1 is 1.10 bits per heavy atom. The van der Waals surface area contributed by atoms with E-state index in [0.717, 1.165) is 56.8 Å². The van der Waals surface area contributed by atoms with Crippen molar-refractivity contribution in [3.05, 3.63) is 95.2 Å². The summed E-state index contributed by atoms with van der Waals surface area (Å²) >= 11 is 0. The van der Waals surface area contributed by atoms with Crippen molar-refractivity contribution in [2.45, 2.75) is 26.8 Å². The number of aromatic amines is 1. The summed E-state index contributed by atoms with van der Waals surface area (Å²) in [5, 5.41) is 7.21.